The van der Waals surface area contributed by atoms with Crippen molar-refractivity contribution in [2.45, 2.75) is 62.4 Å². The van der Waals surface area contributed by atoms with E-state index in [2.05, 4.69) is 0 Å². The first-order valence-electron chi connectivity index (χ1n) is 9.46. The minimum atomic E-state index is -3.72. The summed E-state index contributed by atoms with van der Waals surface area (Å²) in [5, 5.41) is 0. The van der Waals surface area contributed by atoms with E-state index in [4.69, 9.17) is 4.74 Å². The third-order valence-electron chi connectivity index (χ3n) is 6.10. The van der Waals surface area contributed by atoms with Crippen molar-refractivity contribution in [2.24, 2.45) is 0 Å². The van der Waals surface area contributed by atoms with Crippen molar-refractivity contribution in [1.82, 2.24) is 9.21 Å². The fraction of sp³-hybridized carbons (Fsp3) is 0.632. The largest absolute Gasteiger partial charge is 0.496 e. The zero-order valence-electron chi connectivity index (χ0n) is 15.4. The average Bonchev–Trinajstić information content (AvgIpc) is 3.12. The van der Waals surface area contributed by atoms with Gasteiger partial charge in [-0.25, -0.2) is 8.42 Å². The molecule has 2 fully saturated rings. The summed E-state index contributed by atoms with van der Waals surface area (Å²) >= 11 is 0. The van der Waals surface area contributed by atoms with Crippen molar-refractivity contribution in [1.29, 1.82) is 0 Å². The molecule has 0 radical (unpaired) electrons. The quantitative estimate of drug-likeness (QED) is 0.806. The van der Waals surface area contributed by atoms with E-state index in [1.807, 2.05) is 4.90 Å². The highest BCUT2D eigenvalue weighted by molar-refractivity contribution is 7.89. The summed E-state index contributed by atoms with van der Waals surface area (Å²) in [6.45, 7) is 2.86. The highest BCUT2D eigenvalue weighted by atomic mass is 32.2. The Balaban J connectivity index is 1.76. The number of ether oxygens (including phenoxy) is 1. The number of benzene rings is 1. The summed E-state index contributed by atoms with van der Waals surface area (Å²) in [4.78, 5) is 14.9. The second-order valence-corrected chi connectivity index (χ2v) is 9.37. The third-order valence-corrected chi connectivity index (χ3v) is 8.12. The van der Waals surface area contributed by atoms with Crippen LogP contribution in [0.5, 0.6) is 5.75 Å². The van der Waals surface area contributed by atoms with Crippen molar-refractivity contribution in [3.8, 4) is 5.75 Å². The van der Waals surface area contributed by atoms with Gasteiger partial charge in [0.1, 0.15) is 11.8 Å². The van der Waals surface area contributed by atoms with Gasteiger partial charge in [-0.3, -0.25) is 4.79 Å². The molecule has 1 aliphatic carbocycles. The van der Waals surface area contributed by atoms with E-state index in [0.717, 1.165) is 61.9 Å². The monoisotopic (exact) mass is 378 g/mol. The molecular weight excluding hydrogens is 352 g/mol. The number of nitrogens with zero attached hydrogens (tertiary/aromatic N) is 2. The summed E-state index contributed by atoms with van der Waals surface area (Å²) in [5.74, 6) is 0.702. The molecule has 1 aromatic carbocycles. The minimum Gasteiger partial charge on any atom is -0.496 e. The predicted molar refractivity (Wildman–Crippen MR) is 97.7 cm³/mol. The van der Waals surface area contributed by atoms with Gasteiger partial charge >= 0.3 is 0 Å². The third kappa shape index (κ3) is 2.63. The van der Waals surface area contributed by atoms with Gasteiger partial charge in [0.05, 0.1) is 12.0 Å². The van der Waals surface area contributed by atoms with Crippen LogP contribution in [-0.2, 0) is 27.7 Å². The van der Waals surface area contributed by atoms with Gasteiger partial charge in [-0.2, -0.15) is 4.31 Å². The molecule has 0 unspecified atom stereocenters. The van der Waals surface area contributed by atoms with E-state index in [9.17, 15) is 13.2 Å². The van der Waals surface area contributed by atoms with E-state index < -0.39 is 16.1 Å². The maximum atomic E-state index is 13.5. The molecule has 6 nitrogen and oxygen atoms in total. The topological polar surface area (TPSA) is 66.9 Å². The molecule has 0 bridgehead atoms. The second kappa shape index (κ2) is 6.53. The first-order chi connectivity index (χ1) is 12.4. The van der Waals surface area contributed by atoms with Gasteiger partial charge in [-0.15, -0.1) is 0 Å². The Labute approximate surface area is 155 Å². The van der Waals surface area contributed by atoms with Crippen molar-refractivity contribution < 1.29 is 17.9 Å². The van der Waals surface area contributed by atoms with E-state index in [1.165, 1.54) is 4.31 Å². The standard InChI is InChI=1S/C19H26N2O4S/c1-13-19(22)20-11-5-6-14(20)12-21(13)26(23,24)18-10-9-17(25-2)15-7-3-4-8-16(15)18/h9-10,13-14H,3-8,11-12H2,1-2H3/t13-,14-/m1/s1. The van der Waals surface area contributed by atoms with Crippen LogP contribution in [0.25, 0.3) is 0 Å². The van der Waals surface area contributed by atoms with Crippen LogP contribution in [0.4, 0.5) is 0 Å². The summed E-state index contributed by atoms with van der Waals surface area (Å²) in [6, 6.07) is 2.80. The predicted octanol–water partition coefficient (Wildman–Crippen LogP) is 1.96. The molecule has 0 spiro atoms. The molecule has 7 heteroatoms. The molecule has 0 aromatic heterocycles. The van der Waals surface area contributed by atoms with E-state index in [1.54, 1.807) is 26.2 Å². The van der Waals surface area contributed by atoms with Gasteiger partial charge < -0.3 is 9.64 Å². The van der Waals surface area contributed by atoms with E-state index in [0.29, 0.717) is 11.4 Å². The van der Waals surface area contributed by atoms with Crippen molar-refractivity contribution in [3.05, 3.63) is 23.3 Å². The minimum absolute atomic E-state index is 0.0162. The summed E-state index contributed by atoms with van der Waals surface area (Å²) in [7, 11) is -2.10. The van der Waals surface area contributed by atoms with Crippen LogP contribution < -0.4 is 4.74 Å². The van der Waals surface area contributed by atoms with Crippen molar-refractivity contribution >= 4 is 15.9 Å². The lowest BCUT2D eigenvalue weighted by Crippen LogP contribution is -2.60. The zero-order chi connectivity index (χ0) is 18.5. The Kier molecular flexibility index (Phi) is 4.47. The lowest BCUT2D eigenvalue weighted by Gasteiger charge is -2.41. The molecule has 4 rings (SSSR count). The van der Waals surface area contributed by atoms with Gasteiger partial charge in [-0.1, -0.05) is 0 Å². The first-order valence-corrected chi connectivity index (χ1v) is 10.9. The van der Waals surface area contributed by atoms with Gasteiger partial charge in [0.25, 0.3) is 0 Å². The SMILES string of the molecule is COc1ccc(S(=O)(=O)N2C[C@H]3CCCN3C(=O)[C@H]2C)c2c1CCCC2. The number of hydrogen-bond donors (Lipinski definition) is 0. The van der Waals surface area contributed by atoms with Crippen LogP contribution in [0.15, 0.2) is 17.0 Å². The molecule has 2 heterocycles. The Morgan fingerprint density at radius 1 is 1.12 bits per heavy atom. The molecule has 2 aliphatic heterocycles. The number of amides is 1. The molecule has 2 atom stereocenters. The average molecular weight is 378 g/mol. The molecule has 1 aromatic rings. The normalized spacial score (nSPS) is 26.5. The fourth-order valence-corrected chi connectivity index (χ4v) is 6.62. The summed E-state index contributed by atoms with van der Waals surface area (Å²) in [6.07, 6.45) is 5.44. The number of hydrogen-bond acceptors (Lipinski definition) is 4. The number of fused-ring (bicyclic) bond motifs is 2. The maximum Gasteiger partial charge on any atom is 0.244 e. The number of rotatable bonds is 3. The van der Waals surface area contributed by atoms with Gasteiger partial charge in [0, 0.05) is 19.1 Å². The van der Waals surface area contributed by atoms with Crippen molar-refractivity contribution in [3.63, 3.8) is 0 Å². The zero-order valence-corrected chi connectivity index (χ0v) is 16.2. The van der Waals surface area contributed by atoms with Crippen LogP contribution in [0, 0.1) is 0 Å². The molecular formula is C19H26N2O4S. The number of sulfonamides is 1. The molecule has 2 saturated heterocycles. The molecule has 1 amide bonds. The Bertz CT molecular complexity index is 836. The highest BCUT2D eigenvalue weighted by Gasteiger charge is 2.45. The van der Waals surface area contributed by atoms with E-state index >= 15 is 0 Å². The fourth-order valence-electron chi connectivity index (χ4n) is 4.71. The number of piperazine rings is 1. The smallest absolute Gasteiger partial charge is 0.244 e. The van der Waals surface area contributed by atoms with Gasteiger partial charge in [0.15, 0.2) is 0 Å². The van der Waals surface area contributed by atoms with Crippen LogP contribution in [0.1, 0.15) is 43.7 Å². The van der Waals surface area contributed by atoms with Crippen molar-refractivity contribution in [2.75, 3.05) is 20.2 Å². The highest BCUT2D eigenvalue weighted by Crippen LogP contribution is 2.37. The number of carbonyl (C=O) groups is 1. The first kappa shape index (κ1) is 17.8. The molecule has 3 aliphatic rings. The summed E-state index contributed by atoms with van der Waals surface area (Å²) in [5.41, 5.74) is 1.89. The number of carbonyl (C=O) groups excluding carboxylic acids is 1. The molecule has 0 N–H and O–H groups in total. The Morgan fingerprint density at radius 3 is 2.58 bits per heavy atom. The molecule has 26 heavy (non-hydrogen) atoms. The van der Waals surface area contributed by atoms with E-state index in [-0.39, 0.29) is 11.9 Å². The van der Waals surface area contributed by atoms with Crippen LogP contribution in [-0.4, -0.2) is 55.8 Å². The Morgan fingerprint density at radius 2 is 1.85 bits per heavy atom. The molecule has 0 saturated carbocycles. The Hall–Kier alpha value is -1.60. The molecule has 142 valence electrons. The number of methoxy groups -OCH3 is 1. The lowest BCUT2D eigenvalue weighted by atomic mass is 9.91. The van der Waals surface area contributed by atoms with Crippen LogP contribution in [0.3, 0.4) is 0 Å². The summed E-state index contributed by atoms with van der Waals surface area (Å²) < 4.78 is 33.9. The van der Waals surface area contributed by atoms with Crippen LogP contribution in [0.2, 0.25) is 0 Å². The maximum absolute atomic E-state index is 13.5. The lowest BCUT2D eigenvalue weighted by molar-refractivity contribution is -0.139. The second-order valence-electron chi connectivity index (χ2n) is 7.51. The van der Waals surface area contributed by atoms with Gasteiger partial charge in [-0.05, 0) is 68.7 Å². The van der Waals surface area contributed by atoms with Crippen LogP contribution >= 0.6 is 0 Å². The van der Waals surface area contributed by atoms with Gasteiger partial charge in [0.2, 0.25) is 15.9 Å².